The highest BCUT2D eigenvalue weighted by molar-refractivity contribution is 6.32. The molecule has 0 radical (unpaired) electrons. The zero-order valence-electron chi connectivity index (χ0n) is 16.5. The molecule has 0 aliphatic rings. The molecule has 30 heavy (non-hydrogen) atoms. The fourth-order valence-electron chi connectivity index (χ4n) is 2.68. The van der Waals surface area contributed by atoms with Gasteiger partial charge in [0.05, 0.1) is 11.6 Å². The average molecular weight is 445 g/mol. The molecule has 0 atom stereocenters. The molecule has 5 nitrogen and oxygen atoms in total. The number of benzene rings is 3. The molecule has 156 valence electrons. The Balaban J connectivity index is 1.49. The average Bonchev–Trinajstić information content (AvgIpc) is 2.74. The molecule has 0 saturated carbocycles. The van der Waals surface area contributed by atoms with Crippen LogP contribution in [0, 0.1) is 0 Å². The minimum Gasteiger partial charge on any atom is -0.494 e. The lowest BCUT2D eigenvalue weighted by Gasteiger charge is -2.11. The van der Waals surface area contributed by atoms with Gasteiger partial charge < -0.3 is 20.1 Å². The largest absolute Gasteiger partial charge is 0.494 e. The number of carbonyl (C=O) groups is 1. The second kappa shape index (κ2) is 10.8. The van der Waals surface area contributed by atoms with Crippen LogP contribution in [0.1, 0.15) is 12.5 Å². The predicted molar refractivity (Wildman–Crippen MR) is 122 cm³/mol. The van der Waals surface area contributed by atoms with Crippen molar-refractivity contribution >= 4 is 40.5 Å². The second-order valence-electron chi connectivity index (χ2n) is 6.42. The van der Waals surface area contributed by atoms with Crippen LogP contribution in [0.3, 0.4) is 0 Å². The molecule has 0 aromatic heterocycles. The zero-order chi connectivity index (χ0) is 21.3. The first-order chi connectivity index (χ1) is 14.5. The van der Waals surface area contributed by atoms with Crippen molar-refractivity contribution in [2.75, 3.05) is 23.8 Å². The molecule has 0 fully saturated rings. The topological polar surface area (TPSA) is 59.6 Å². The maximum absolute atomic E-state index is 12.0. The molecular formula is C23H22Cl2N2O3. The molecule has 3 aromatic carbocycles. The lowest BCUT2D eigenvalue weighted by Crippen LogP contribution is -2.20. The molecule has 0 aliphatic heterocycles. The number of halogens is 2. The Labute approximate surface area is 185 Å². The van der Waals surface area contributed by atoms with Crippen molar-refractivity contribution in [2.24, 2.45) is 0 Å². The van der Waals surface area contributed by atoms with E-state index in [1.54, 1.807) is 30.3 Å². The molecule has 2 N–H and O–H groups in total. The van der Waals surface area contributed by atoms with E-state index in [0.717, 1.165) is 17.0 Å². The van der Waals surface area contributed by atoms with Gasteiger partial charge in [-0.25, -0.2) is 0 Å². The summed E-state index contributed by atoms with van der Waals surface area (Å²) in [6, 6.07) is 20.1. The Hall–Kier alpha value is -2.89. The van der Waals surface area contributed by atoms with Crippen LogP contribution in [0.15, 0.2) is 66.7 Å². The standard InChI is InChI=1S/C23H22Cl2N2O3/c1-2-29-20-10-8-18(9-11-20)26-14-16-3-12-22(21(25)13-16)30-15-23(28)27-19-6-4-17(24)5-7-19/h3-13,26H,2,14-15H2,1H3,(H,27,28). The number of anilines is 2. The SMILES string of the molecule is CCOc1ccc(NCc2ccc(OCC(=O)Nc3ccc(Cl)cc3)c(Cl)c2)cc1. The van der Waals surface area contributed by atoms with Crippen molar-refractivity contribution in [1.82, 2.24) is 0 Å². The normalized spacial score (nSPS) is 10.4. The van der Waals surface area contributed by atoms with Gasteiger partial charge in [0.25, 0.3) is 5.91 Å². The van der Waals surface area contributed by atoms with Gasteiger partial charge in [-0.3, -0.25) is 4.79 Å². The summed E-state index contributed by atoms with van der Waals surface area (Å²) in [4.78, 5) is 12.0. The fourth-order valence-corrected chi connectivity index (χ4v) is 3.07. The molecule has 1 amide bonds. The number of nitrogens with one attached hydrogen (secondary N) is 2. The summed E-state index contributed by atoms with van der Waals surface area (Å²) in [6.45, 7) is 3.05. The van der Waals surface area contributed by atoms with Crippen LogP contribution in [0.25, 0.3) is 0 Å². The maximum atomic E-state index is 12.0. The van der Waals surface area contributed by atoms with E-state index in [4.69, 9.17) is 32.7 Å². The monoisotopic (exact) mass is 444 g/mol. The van der Waals surface area contributed by atoms with E-state index in [9.17, 15) is 4.79 Å². The Morgan fingerprint density at radius 3 is 2.27 bits per heavy atom. The Kier molecular flexibility index (Phi) is 7.82. The fraction of sp³-hybridized carbons (Fsp3) is 0.174. The third-order valence-electron chi connectivity index (χ3n) is 4.14. The number of amides is 1. The van der Waals surface area contributed by atoms with E-state index in [1.165, 1.54) is 0 Å². The number of hydrogen-bond donors (Lipinski definition) is 2. The van der Waals surface area contributed by atoms with Gasteiger partial charge in [-0.2, -0.15) is 0 Å². The Bertz CT molecular complexity index is 977. The van der Waals surface area contributed by atoms with Crippen molar-refractivity contribution < 1.29 is 14.3 Å². The summed E-state index contributed by atoms with van der Waals surface area (Å²) >= 11 is 12.1. The van der Waals surface area contributed by atoms with Crippen molar-refractivity contribution in [3.05, 3.63) is 82.3 Å². The van der Waals surface area contributed by atoms with Crippen molar-refractivity contribution in [3.63, 3.8) is 0 Å². The summed E-state index contributed by atoms with van der Waals surface area (Å²) in [5, 5.41) is 7.12. The Morgan fingerprint density at radius 2 is 1.60 bits per heavy atom. The summed E-state index contributed by atoms with van der Waals surface area (Å²) in [5.41, 5.74) is 2.62. The van der Waals surface area contributed by atoms with E-state index in [-0.39, 0.29) is 12.5 Å². The zero-order valence-corrected chi connectivity index (χ0v) is 18.0. The van der Waals surface area contributed by atoms with Crippen LogP contribution < -0.4 is 20.1 Å². The van der Waals surface area contributed by atoms with Crippen LogP contribution in [0.4, 0.5) is 11.4 Å². The van der Waals surface area contributed by atoms with E-state index >= 15 is 0 Å². The van der Waals surface area contributed by atoms with Gasteiger partial charge in [0.1, 0.15) is 11.5 Å². The van der Waals surface area contributed by atoms with Crippen LogP contribution in [0.5, 0.6) is 11.5 Å². The minimum atomic E-state index is -0.283. The first-order valence-electron chi connectivity index (χ1n) is 9.47. The summed E-state index contributed by atoms with van der Waals surface area (Å²) in [6.07, 6.45) is 0. The summed E-state index contributed by atoms with van der Waals surface area (Å²) in [5.74, 6) is 1.01. The molecular weight excluding hydrogens is 423 g/mol. The highest BCUT2D eigenvalue weighted by atomic mass is 35.5. The van der Waals surface area contributed by atoms with Crippen molar-refractivity contribution in [2.45, 2.75) is 13.5 Å². The first kappa shape index (κ1) is 21.8. The van der Waals surface area contributed by atoms with E-state index in [1.807, 2.05) is 43.3 Å². The van der Waals surface area contributed by atoms with Crippen LogP contribution >= 0.6 is 23.2 Å². The molecule has 7 heteroatoms. The van der Waals surface area contributed by atoms with Gasteiger partial charge >= 0.3 is 0 Å². The summed E-state index contributed by atoms with van der Waals surface area (Å²) < 4.78 is 11.0. The van der Waals surface area contributed by atoms with Gasteiger partial charge in [0.15, 0.2) is 6.61 Å². The second-order valence-corrected chi connectivity index (χ2v) is 7.26. The molecule has 0 spiro atoms. The lowest BCUT2D eigenvalue weighted by atomic mass is 10.2. The number of carbonyl (C=O) groups excluding carboxylic acids is 1. The van der Waals surface area contributed by atoms with E-state index in [0.29, 0.717) is 34.6 Å². The first-order valence-corrected chi connectivity index (χ1v) is 10.2. The molecule has 0 heterocycles. The highest BCUT2D eigenvalue weighted by Crippen LogP contribution is 2.26. The van der Waals surface area contributed by atoms with Gasteiger partial charge in [0.2, 0.25) is 0 Å². The number of ether oxygens (including phenoxy) is 2. The summed E-state index contributed by atoms with van der Waals surface area (Å²) in [7, 11) is 0. The van der Waals surface area contributed by atoms with Gasteiger partial charge in [0, 0.05) is 22.9 Å². The lowest BCUT2D eigenvalue weighted by molar-refractivity contribution is -0.118. The molecule has 3 aromatic rings. The minimum absolute atomic E-state index is 0.147. The van der Waals surface area contributed by atoms with E-state index in [2.05, 4.69) is 10.6 Å². The van der Waals surface area contributed by atoms with Crippen LogP contribution in [0.2, 0.25) is 10.0 Å². The molecule has 0 bridgehead atoms. The number of rotatable bonds is 9. The van der Waals surface area contributed by atoms with Gasteiger partial charge in [-0.1, -0.05) is 29.3 Å². The maximum Gasteiger partial charge on any atom is 0.262 e. The highest BCUT2D eigenvalue weighted by Gasteiger charge is 2.08. The molecule has 0 saturated heterocycles. The van der Waals surface area contributed by atoms with Crippen LogP contribution in [-0.2, 0) is 11.3 Å². The third kappa shape index (κ3) is 6.58. The smallest absolute Gasteiger partial charge is 0.262 e. The number of hydrogen-bond acceptors (Lipinski definition) is 4. The van der Waals surface area contributed by atoms with E-state index < -0.39 is 0 Å². The molecule has 0 aliphatic carbocycles. The molecule has 3 rings (SSSR count). The van der Waals surface area contributed by atoms with Crippen molar-refractivity contribution in [1.29, 1.82) is 0 Å². The predicted octanol–water partition coefficient (Wildman–Crippen LogP) is 6.02. The van der Waals surface area contributed by atoms with Gasteiger partial charge in [-0.05, 0) is 73.2 Å². The van der Waals surface area contributed by atoms with Crippen LogP contribution in [-0.4, -0.2) is 19.1 Å². The van der Waals surface area contributed by atoms with Crippen molar-refractivity contribution in [3.8, 4) is 11.5 Å². The third-order valence-corrected chi connectivity index (χ3v) is 4.69. The van der Waals surface area contributed by atoms with Gasteiger partial charge in [-0.15, -0.1) is 0 Å². The molecule has 0 unspecified atom stereocenters. The Morgan fingerprint density at radius 1 is 0.900 bits per heavy atom. The quantitative estimate of drug-likeness (QED) is 0.423.